The van der Waals surface area contributed by atoms with Crippen LogP contribution in [0, 0.1) is 19.3 Å². The summed E-state index contributed by atoms with van der Waals surface area (Å²) in [5, 5.41) is 9.66. The first-order valence-electron chi connectivity index (χ1n) is 7.50. The molecular weight excluding hydrogens is 300 g/mol. The second kappa shape index (κ2) is 6.43. The Morgan fingerprint density at radius 2 is 1.88 bits per heavy atom. The number of nitrogens with zero attached hydrogens (tertiary/aromatic N) is 2. The van der Waals surface area contributed by atoms with E-state index in [0.29, 0.717) is 17.0 Å². The van der Waals surface area contributed by atoms with Crippen LogP contribution in [0.2, 0.25) is 0 Å². The van der Waals surface area contributed by atoms with Crippen molar-refractivity contribution in [3.8, 4) is 40.6 Å². The maximum Gasteiger partial charge on any atom is 0.349 e. The molecule has 3 aromatic rings. The summed E-state index contributed by atoms with van der Waals surface area (Å²) >= 11 is 0. The molecule has 0 radical (unpaired) electrons. The van der Waals surface area contributed by atoms with E-state index in [4.69, 9.17) is 6.42 Å². The first-order chi connectivity index (χ1) is 11.6. The highest BCUT2D eigenvalue weighted by molar-refractivity contribution is 5.68. The zero-order valence-corrected chi connectivity index (χ0v) is 13.2. The van der Waals surface area contributed by atoms with Gasteiger partial charge in [0.1, 0.15) is 5.75 Å². The molecule has 1 N–H and O–H groups in total. The normalized spacial score (nSPS) is 10.3. The van der Waals surface area contributed by atoms with Gasteiger partial charge in [-0.1, -0.05) is 47.9 Å². The van der Waals surface area contributed by atoms with Gasteiger partial charge in [-0.25, -0.2) is 4.79 Å². The summed E-state index contributed by atoms with van der Waals surface area (Å²) < 4.78 is 1.47. The number of aromatic hydroxyl groups is 1. The Bertz CT molecular complexity index is 980. The molecule has 1 heterocycles. The van der Waals surface area contributed by atoms with Crippen molar-refractivity contribution in [2.75, 3.05) is 0 Å². The van der Waals surface area contributed by atoms with Crippen molar-refractivity contribution in [3.63, 3.8) is 0 Å². The van der Waals surface area contributed by atoms with Crippen LogP contribution in [0.1, 0.15) is 5.56 Å². The molecular formula is C20H16N2O2. The minimum Gasteiger partial charge on any atom is -0.508 e. The van der Waals surface area contributed by atoms with E-state index in [-0.39, 0.29) is 12.3 Å². The Kier molecular flexibility index (Phi) is 4.17. The van der Waals surface area contributed by atoms with Crippen LogP contribution in [-0.2, 0) is 6.54 Å². The molecule has 118 valence electrons. The lowest BCUT2D eigenvalue weighted by molar-refractivity contribution is 0.475. The molecule has 0 aliphatic carbocycles. The largest absolute Gasteiger partial charge is 0.508 e. The highest BCUT2D eigenvalue weighted by atomic mass is 16.3. The molecule has 0 spiro atoms. The van der Waals surface area contributed by atoms with Gasteiger partial charge < -0.3 is 5.11 Å². The van der Waals surface area contributed by atoms with Crippen LogP contribution >= 0.6 is 0 Å². The summed E-state index contributed by atoms with van der Waals surface area (Å²) in [5.74, 6) is 2.62. The molecule has 24 heavy (non-hydrogen) atoms. The van der Waals surface area contributed by atoms with Gasteiger partial charge in [0.15, 0.2) is 0 Å². The summed E-state index contributed by atoms with van der Waals surface area (Å²) in [5.41, 5.74) is 3.48. The van der Waals surface area contributed by atoms with Gasteiger partial charge in [0, 0.05) is 5.56 Å². The lowest BCUT2D eigenvalue weighted by Crippen LogP contribution is -2.24. The van der Waals surface area contributed by atoms with Gasteiger partial charge in [-0.15, -0.1) is 6.42 Å². The summed E-state index contributed by atoms with van der Waals surface area (Å²) in [6, 6.07) is 16.3. The van der Waals surface area contributed by atoms with Gasteiger partial charge in [-0.3, -0.25) is 4.57 Å². The van der Waals surface area contributed by atoms with Gasteiger partial charge in [-0.05, 0) is 30.7 Å². The van der Waals surface area contributed by atoms with Crippen LogP contribution in [0.3, 0.4) is 0 Å². The number of aryl methyl sites for hydroxylation is 1. The summed E-state index contributed by atoms with van der Waals surface area (Å²) in [7, 11) is 0. The third-order valence-corrected chi connectivity index (χ3v) is 3.75. The maximum absolute atomic E-state index is 12.4. The third-order valence-electron chi connectivity index (χ3n) is 3.75. The predicted octanol–water partition coefficient (Wildman–Crippen LogP) is 3.22. The molecule has 0 bridgehead atoms. The highest BCUT2D eigenvalue weighted by Crippen LogP contribution is 2.25. The Labute approximate surface area is 140 Å². The Balaban J connectivity index is 2.23. The van der Waals surface area contributed by atoms with E-state index in [1.165, 1.54) is 4.57 Å². The number of benzene rings is 2. The highest BCUT2D eigenvalue weighted by Gasteiger charge is 2.11. The van der Waals surface area contributed by atoms with E-state index in [1.54, 1.807) is 24.3 Å². The molecule has 4 nitrogen and oxygen atoms in total. The van der Waals surface area contributed by atoms with E-state index in [9.17, 15) is 9.90 Å². The van der Waals surface area contributed by atoms with Crippen LogP contribution in [-0.4, -0.2) is 14.7 Å². The Hall–Kier alpha value is -3.32. The molecule has 0 saturated carbocycles. The number of rotatable bonds is 3. The van der Waals surface area contributed by atoms with Gasteiger partial charge >= 0.3 is 5.69 Å². The van der Waals surface area contributed by atoms with E-state index < -0.39 is 5.69 Å². The second-order valence-electron chi connectivity index (χ2n) is 5.52. The Morgan fingerprint density at radius 1 is 1.12 bits per heavy atom. The van der Waals surface area contributed by atoms with Crippen molar-refractivity contribution in [2.45, 2.75) is 13.5 Å². The molecule has 4 heteroatoms. The van der Waals surface area contributed by atoms with E-state index >= 15 is 0 Å². The lowest BCUT2D eigenvalue weighted by Gasteiger charge is -2.12. The van der Waals surface area contributed by atoms with Crippen LogP contribution in [0.15, 0.2) is 59.4 Å². The zero-order valence-electron chi connectivity index (χ0n) is 13.2. The zero-order chi connectivity index (χ0) is 17.1. The molecule has 0 unspecified atom stereocenters. The van der Waals surface area contributed by atoms with Crippen molar-refractivity contribution in [1.29, 1.82) is 0 Å². The van der Waals surface area contributed by atoms with Crippen molar-refractivity contribution in [3.05, 3.63) is 70.6 Å². The van der Waals surface area contributed by atoms with E-state index in [0.717, 1.165) is 11.1 Å². The average Bonchev–Trinajstić information content (AvgIpc) is 2.57. The van der Waals surface area contributed by atoms with Gasteiger partial charge in [-0.2, -0.15) is 4.98 Å². The standard InChI is InChI=1S/C20H16N2O2/c1-3-11-22-19(15-9-7-14(2)8-10-15)13-18(21-20(22)24)16-5-4-6-17(23)12-16/h1,4-10,12-13,23H,11H2,2H3. The molecule has 0 saturated heterocycles. The predicted molar refractivity (Wildman–Crippen MR) is 94.6 cm³/mol. The molecule has 3 rings (SSSR count). The Morgan fingerprint density at radius 3 is 2.54 bits per heavy atom. The number of phenols is 1. The van der Waals surface area contributed by atoms with Gasteiger partial charge in [0.05, 0.1) is 17.9 Å². The summed E-state index contributed by atoms with van der Waals surface area (Å²) in [6.07, 6.45) is 5.40. The first-order valence-corrected chi connectivity index (χ1v) is 7.50. The molecule has 0 amide bonds. The fourth-order valence-electron chi connectivity index (χ4n) is 2.53. The third kappa shape index (κ3) is 3.06. The summed E-state index contributed by atoms with van der Waals surface area (Å²) in [6.45, 7) is 2.15. The molecule has 0 atom stereocenters. The van der Waals surface area contributed by atoms with E-state index in [2.05, 4.69) is 10.9 Å². The van der Waals surface area contributed by atoms with Crippen LogP contribution in [0.5, 0.6) is 5.75 Å². The van der Waals surface area contributed by atoms with Crippen molar-refractivity contribution >= 4 is 0 Å². The minimum absolute atomic E-state index is 0.124. The van der Waals surface area contributed by atoms with Crippen LogP contribution in [0.25, 0.3) is 22.5 Å². The van der Waals surface area contributed by atoms with Crippen LogP contribution < -0.4 is 5.69 Å². The number of phenolic OH excluding ortho intramolecular Hbond substituents is 1. The van der Waals surface area contributed by atoms with Crippen molar-refractivity contribution < 1.29 is 5.11 Å². The fourth-order valence-corrected chi connectivity index (χ4v) is 2.53. The SMILES string of the molecule is C#CCn1c(-c2ccc(C)cc2)cc(-c2cccc(O)c2)nc1=O. The number of terminal acetylenes is 1. The molecule has 2 aromatic carbocycles. The maximum atomic E-state index is 12.4. The summed E-state index contributed by atoms with van der Waals surface area (Å²) in [4.78, 5) is 16.6. The number of hydrogen-bond acceptors (Lipinski definition) is 3. The number of hydrogen-bond donors (Lipinski definition) is 1. The van der Waals surface area contributed by atoms with Gasteiger partial charge in [0.2, 0.25) is 0 Å². The molecule has 1 aromatic heterocycles. The van der Waals surface area contributed by atoms with Gasteiger partial charge in [0.25, 0.3) is 0 Å². The molecule has 0 aliphatic rings. The van der Waals surface area contributed by atoms with Crippen molar-refractivity contribution in [1.82, 2.24) is 9.55 Å². The quantitative estimate of drug-likeness (QED) is 0.755. The first kappa shape index (κ1) is 15.6. The average molecular weight is 316 g/mol. The monoisotopic (exact) mass is 316 g/mol. The molecule has 0 fully saturated rings. The lowest BCUT2D eigenvalue weighted by atomic mass is 10.1. The smallest absolute Gasteiger partial charge is 0.349 e. The topological polar surface area (TPSA) is 55.1 Å². The number of aromatic nitrogens is 2. The van der Waals surface area contributed by atoms with Crippen molar-refractivity contribution in [2.24, 2.45) is 0 Å². The van der Waals surface area contributed by atoms with E-state index in [1.807, 2.05) is 37.3 Å². The fraction of sp³-hybridized carbons (Fsp3) is 0.100. The molecule has 0 aliphatic heterocycles. The second-order valence-corrected chi connectivity index (χ2v) is 5.52. The van der Waals surface area contributed by atoms with Crippen LogP contribution in [0.4, 0.5) is 0 Å². The minimum atomic E-state index is -0.413.